The summed E-state index contributed by atoms with van der Waals surface area (Å²) in [6.45, 7) is 2.25. The van der Waals surface area contributed by atoms with Crippen LogP contribution < -0.4 is 5.32 Å². The van der Waals surface area contributed by atoms with E-state index in [1.54, 1.807) is 4.68 Å². The molecule has 1 amide bonds. The predicted octanol–water partition coefficient (Wildman–Crippen LogP) is 5.36. The summed E-state index contributed by atoms with van der Waals surface area (Å²) < 4.78 is 1.77. The Morgan fingerprint density at radius 2 is 1.84 bits per heavy atom. The summed E-state index contributed by atoms with van der Waals surface area (Å²) in [4.78, 5) is 18.6. The van der Waals surface area contributed by atoms with Crippen molar-refractivity contribution in [3.63, 3.8) is 0 Å². The number of nitrogens with zero attached hydrogens (tertiary/aromatic N) is 3. The quantitative estimate of drug-likeness (QED) is 0.595. The molecule has 1 aromatic carbocycles. The summed E-state index contributed by atoms with van der Waals surface area (Å²) in [6, 6.07) is 10.2. The first-order chi connectivity index (χ1) is 15.5. The molecule has 0 aliphatic heterocycles. The average Bonchev–Trinajstić information content (AvgIpc) is 3.22. The van der Waals surface area contributed by atoms with E-state index in [2.05, 4.69) is 17.3 Å². The zero-order valence-corrected chi connectivity index (χ0v) is 19.1. The molecule has 1 atom stereocenters. The lowest BCUT2D eigenvalue weighted by Crippen LogP contribution is -2.56. The summed E-state index contributed by atoms with van der Waals surface area (Å²) in [7, 11) is 1.90. The minimum atomic E-state index is 0.0383. The van der Waals surface area contributed by atoms with Gasteiger partial charge in [0.25, 0.3) is 5.91 Å². The van der Waals surface area contributed by atoms with Crippen molar-refractivity contribution >= 4 is 16.8 Å². The highest BCUT2D eigenvalue weighted by atomic mass is 16.1. The minimum absolute atomic E-state index is 0.0383. The normalized spacial score (nSPS) is 29.4. The zero-order chi connectivity index (χ0) is 21.9. The van der Waals surface area contributed by atoms with E-state index >= 15 is 0 Å². The van der Waals surface area contributed by atoms with Gasteiger partial charge in [0.1, 0.15) is 0 Å². The summed E-state index contributed by atoms with van der Waals surface area (Å²) >= 11 is 0. The molecule has 1 unspecified atom stereocenters. The second-order valence-electron chi connectivity index (χ2n) is 10.7. The molecule has 0 spiro atoms. The first-order valence-electron chi connectivity index (χ1n) is 12.2. The number of fused-ring (bicyclic) bond motifs is 1. The number of aromatic nitrogens is 3. The Labute approximate surface area is 189 Å². The molecule has 5 nitrogen and oxygen atoms in total. The van der Waals surface area contributed by atoms with Gasteiger partial charge in [-0.05, 0) is 80.2 Å². The number of carbonyl (C=O) groups excluding carboxylic acids is 1. The molecule has 166 valence electrons. The molecule has 1 N–H and O–H groups in total. The third-order valence-electron chi connectivity index (χ3n) is 8.50. The largest absolute Gasteiger partial charge is 0.349 e. The van der Waals surface area contributed by atoms with Crippen molar-refractivity contribution in [1.82, 2.24) is 20.1 Å². The van der Waals surface area contributed by atoms with Gasteiger partial charge in [0.05, 0.1) is 23.0 Å². The molecule has 5 heteroatoms. The molecule has 4 aliphatic carbocycles. The lowest BCUT2D eigenvalue weighted by atomic mass is 9.47. The van der Waals surface area contributed by atoms with Crippen LogP contribution in [0.2, 0.25) is 0 Å². The van der Waals surface area contributed by atoms with Gasteiger partial charge in [0.15, 0.2) is 0 Å². The molecule has 3 aromatic rings. The number of rotatable bonds is 5. The molecular formula is C27H32N4O. The lowest BCUT2D eigenvalue weighted by molar-refractivity contribution is -0.0727. The third kappa shape index (κ3) is 3.25. The fourth-order valence-corrected chi connectivity index (χ4v) is 7.59. The van der Waals surface area contributed by atoms with Crippen LogP contribution in [0.5, 0.6) is 0 Å². The number of pyridine rings is 1. The Morgan fingerprint density at radius 1 is 1.16 bits per heavy atom. The number of nitrogens with one attached hydrogen (secondary N) is 1. The number of benzene rings is 1. The average molecular weight is 429 g/mol. The molecule has 0 radical (unpaired) electrons. The SMILES string of the molecule is CCC(NC(=O)c1cc(-c2cnn(C)c2)nc2ccccc12)C12CC3CC(CC(C3)C1)C2. The number of amides is 1. The molecule has 2 aromatic heterocycles. The van der Waals surface area contributed by atoms with E-state index in [-0.39, 0.29) is 11.9 Å². The first-order valence-corrected chi connectivity index (χ1v) is 12.2. The maximum absolute atomic E-state index is 13.8. The van der Waals surface area contributed by atoms with E-state index in [1.165, 1.54) is 38.5 Å². The maximum Gasteiger partial charge on any atom is 0.252 e. The van der Waals surface area contributed by atoms with Gasteiger partial charge in [-0.2, -0.15) is 5.10 Å². The van der Waals surface area contributed by atoms with E-state index in [9.17, 15) is 4.79 Å². The van der Waals surface area contributed by atoms with Crippen molar-refractivity contribution in [3.05, 3.63) is 48.3 Å². The van der Waals surface area contributed by atoms with E-state index in [4.69, 9.17) is 4.98 Å². The van der Waals surface area contributed by atoms with Crippen molar-refractivity contribution in [3.8, 4) is 11.3 Å². The van der Waals surface area contributed by atoms with E-state index < -0.39 is 0 Å². The molecule has 4 aliphatic rings. The van der Waals surface area contributed by atoms with Crippen LogP contribution in [0.15, 0.2) is 42.7 Å². The van der Waals surface area contributed by atoms with Crippen LogP contribution in [0.3, 0.4) is 0 Å². The lowest BCUT2D eigenvalue weighted by Gasteiger charge is -2.59. The van der Waals surface area contributed by atoms with E-state index in [1.807, 2.05) is 49.8 Å². The van der Waals surface area contributed by atoms with Crippen LogP contribution in [0.1, 0.15) is 62.2 Å². The van der Waals surface area contributed by atoms with Gasteiger partial charge < -0.3 is 5.32 Å². The smallest absolute Gasteiger partial charge is 0.252 e. The second kappa shape index (κ2) is 7.43. The molecule has 4 bridgehead atoms. The van der Waals surface area contributed by atoms with Crippen LogP contribution in [-0.2, 0) is 7.05 Å². The summed E-state index contributed by atoms with van der Waals surface area (Å²) in [5.74, 6) is 2.68. The predicted molar refractivity (Wildman–Crippen MR) is 126 cm³/mol. The standard InChI is InChI=1S/C27H32N4O/c1-3-25(27-12-17-8-18(13-27)10-19(9-17)14-27)30-26(32)22-11-24(20-15-28-31(2)16-20)29-23-7-5-4-6-21(22)23/h4-7,11,15-19,25H,3,8-10,12-14H2,1-2H3,(H,30,32). The molecule has 4 fully saturated rings. The molecule has 0 saturated heterocycles. The van der Waals surface area contributed by atoms with Crippen LogP contribution in [0, 0.1) is 23.2 Å². The van der Waals surface area contributed by atoms with Gasteiger partial charge in [-0.25, -0.2) is 4.98 Å². The van der Waals surface area contributed by atoms with Crippen LogP contribution >= 0.6 is 0 Å². The van der Waals surface area contributed by atoms with Gasteiger partial charge in [-0.3, -0.25) is 9.48 Å². The highest BCUT2D eigenvalue weighted by Gasteiger charge is 2.54. The first kappa shape index (κ1) is 20.0. The highest BCUT2D eigenvalue weighted by Crippen LogP contribution is 2.61. The van der Waals surface area contributed by atoms with Crippen molar-refractivity contribution in [2.24, 2.45) is 30.2 Å². The molecule has 32 heavy (non-hydrogen) atoms. The maximum atomic E-state index is 13.8. The molecule has 4 saturated carbocycles. The van der Waals surface area contributed by atoms with Gasteiger partial charge >= 0.3 is 0 Å². The van der Waals surface area contributed by atoms with E-state index in [0.717, 1.165) is 51.9 Å². The van der Waals surface area contributed by atoms with Crippen molar-refractivity contribution < 1.29 is 4.79 Å². The molecular weight excluding hydrogens is 396 g/mol. The van der Waals surface area contributed by atoms with Crippen LogP contribution in [-0.4, -0.2) is 26.7 Å². The number of aryl methyl sites for hydroxylation is 1. The monoisotopic (exact) mass is 428 g/mol. The summed E-state index contributed by atoms with van der Waals surface area (Å²) in [6.07, 6.45) is 12.9. The summed E-state index contributed by atoms with van der Waals surface area (Å²) in [5, 5.41) is 8.73. The second-order valence-corrected chi connectivity index (χ2v) is 10.7. The number of para-hydroxylation sites is 1. The van der Waals surface area contributed by atoms with Crippen LogP contribution in [0.25, 0.3) is 22.2 Å². The van der Waals surface area contributed by atoms with Crippen molar-refractivity contribution in [2.45, 2.75) is 57.9 Å². The Bertz CT molecular complexity index is 1140. The van der Waals surface area contributed by atoms with Crippen molar-refractivity contribution in [1.29, 1.82) is 0 Å². The van der Waals surface area contributed by atoms with Gasteiger partial charge in [-0.15, -0.1) is 0 Å². The number of carbonyl (C=O) groups is 1. The zero-order valence-electron chi connectivity index (χ0n) is 19.1. The fourth-order valence-electron chi connectivity index (χ4n) is 7.59. The van der Waals surface area contributed by atoms with Gasteiger partial charge in [0, 0.05) is 30.2 Å². The Hall–Kier alpha value is -2.69. The topological polar surface area (TPSA) is 59.8 Å². The Balaban J connectivity index is 1.35. The molecule has 7 rings (SSSR count). The minimum Gasteiger partial charge on any atom is -0.349 e. The van der Waals surface area contributed by atoms with Crippen molar-refractivity contribution in [2.75, 3.05) is 0 Å². The Kier molecular flexibility index (Phi) is 4.63. The van der Waals surface area contributed by atoms with Gasteiger partial charge in [0.2, 0.25) is 0 Å². The number of hydrogen-bond acceptors (Lipinski definition) is 3. The summed E-state index contributed by atoms with van der Waals surface area (Å²) in [5.41, 5.74) is 3.60. The van der Waals surface area contributed by atoms with E-state index in [0.29, 0.717) is 5.41 Å². The van der Waals surface area contributed by atoms with Gasteiger partial charge in [-0.1, -0.05) is 25.1 Å². The molecule has 2 heterocycles. The highest BCUT2D eigenvalue weighted by molar-refractivity contribution is 6.07. The van der Waals surface area contributed by atoms with Crippen LogP contribution in [0.4, 0.5) is 0 Å². The third-order valence-corrected chi connectivity index (χ3v) is 8.50. The Morgan fingerprint density at radius 3 is 2.47 bits per heavy atom. The number of hydrogen-bond donors (Lipinski definition) is 1. The fraction of sp³-hybridized carbons (Fsp3) is 0.519.